The fraction of sp³-hybridized carbons (Fsp3) is 0.597. The predicted molar refractivity (Wildman–Crippen MR) is 592 cm³/mol. The van der Waals surface area contributed by atoms with Gasteiger partial charge in [0.05, 0.1) is 84.6 Å². The van der Waals surface area contributed by atoms with Gasteiger partial charge in [-0.3, -0.25) is 52.7 Å². The SMILES string of the molecule is C=CC(=O)CC[C@H](CC1CCCCC1)NC(=O)[C@@H](CC(=O)CC)Cc1nc2ccc(C(C)C)cc2s1.C=CC(=O)CC[C@H](CC1CCCCC1)NC(=O)[C@@H](CC(=O)CCC)Cc1nc2ccc(C(C)C)cc2s1.C=CC(=O)CC[C@H](CC1CCCCC1)NC(=O)[C@@H](CC(=O)NC)Cc1nc2ccc(C(C)C)cc2s1.C=CC(=O)CC[C@H](CC1CCCCC1)NC(=O)[C@@H](CC(C)=O)Cc1nc2ccc(C(C)C)cc2s1. The van der Waals surface area contributed by atoms with Gasteiger partial charge in [-0.05, 0) is 207 Å². The second-order valence-corrected chi connectivity index (χ2v) is 47.0. The monoisotopic (exact) mass is 2040 g/mol. The molecule has 0 radical (unpaired) electrons. The lowest BCUT2D eigenvalue weighted by Crippen LogP contribution is -2.42. The fourth-order valence-electron chi connectivity index (χ4n) is 20.6. The smallest absolute Gasteiger partial charge is 0.224 e. The van der Waals surface area contributed by atoms with E-state index in [1.54, 1.807) is 52.4 Å². The molecule has 5 N–H and O–H groups in total. The number of hydrogen-bond donors (Lipinski definition) is 5. The Balaban J connectivity index is 0.000000214. The van der Waals surface area contributed by atoms with E-state index in [9.17, 15) is 57.5 Å². The first-order valence-corrected chi connectivity index (χ1v) is 57.5. The quantitative estimate of drug-likeness (QED) is 0.0221. The molecular formula is C119H167N9O12S4. The number of amides is 5. The van der Waals surface area contributed by atoms with Crippen LogP contribution in [0.3, 0.4) is 0 Å². The van der Waals surface area contributed by atoms with Crippen molar-refractivity contribution in [2.75, 3.05) is 7.05 Å². The molecule has 4 aliphatic carbocycles. The van der Waals surface area contributed by atoms with Crippen LogP contribution in [0.2, 0.25) is 0 Å². The van der Waals surface area contributed by atoms with E-state index in [2.05, 4.69) is 163 Å². The highest BCUT2D eigenvalue weighted by molar-refractivity contribution is 7.19. The van der Waals surface area contributed by atoms with Crippen molar-refractivity contribution in [2.24, 2.45) is 47.3 Å². The number of fused-ring (bicyclic) bond motifs is 4. The number of thiazole rings is 4. The first kappa shape index (κ1) is 118. The van der Waals surface area contributed by atoms with Crippen LogP contribution in [0.5, 0.6) is 0 Å². The Labute approximate surface area is 874 Å². The Bertz CT molecular complexity index is 5390. The first-order valence-electron chi connectivity index (χ1n) is 54.2. The van der Waals surface area contributed by atoms with Crippen molar-refractivity contribution < 1.29 is 57.5 Å². The highest BCUT2D eigenvalue weighted by Crippen LogP contribution is 2.39. The average molecular weight is 2040 g/mol. The van der Waals surface area contributed by atoms with Gasteiger partial charge in [-0.1, -0.05) is 248 Å². The maximum atomic E-state index is 13.6. The second kappa shape index (κ2) is 61.9. The first-order chi connectivity index (χ1) is 69.1. The van der Waals surface area contributed by atoms with E-state index >= 15 is 0 Å². The third-order valence-corrected chi connectivity index (χ3v) is 33.6. The lowest BCUT2D eigenvalue weighted by atomic mass is 9.83. The average Bonchev–Trinajstić information content (AvgIpc) is 1.69. The number of aromatic nitrogens is 4. The Hall–Kier alpha value is -9.56. The summed E-state index contributed by atoms with van der Waals surface area (Å²) in [5.74, 6) is 1.83. The zero-order chi connectivity index (χ0) is 104. The number of carbonyl (C=O) groups is 12. The van der Waals surface area contributed by atoms with Gasteiger partial charge in [-0.15, -0.1) is 45.3 Å². The molecule has 12 rings (SSSR count). The van der Waals surface area contributed by atoms with Crippen LogP contribution >= 0.6 is 45.3 Å². The zero-order valence-electron chi connectivity index (χ0n) is 88.5. The van der Waals surface area contributed by atoms with Gasteiger partial charge in [0.25, 0.3) is 0 Å². The molecule has 0 bridgehead atoms. The van der Waals surface area contributed by atoms with Crippen LogP contribution in [-0.4, -0.2) is 121 Å². The van der Waals surface area contributed by atoms with E-state index in [1.165, 1.54) is 182 Å². The summed E-state index contributed by atoms with van der Waals surface area (Å²) in [5.41, 5.74) is 8.83. The molecule has 25 heteroatoms. The Morgan fingerprint density at radius 1 is 0.340 bits per heavy atom. The molecule has 4 aromatic heterocycles. The van der Waals surface area contributed by atoms with Gasteiger partial charge in [0.1, 0.15) is 17.3 Å². The minimum Gasteiger partial charge on any atom is -0.359 e. The van der Waals surface area contributed by atoms with E-state index in [-0.39, 0.29) is 120 Å². The molecule has 4 aromatic carbocycles. The number of ketones is 7. The van der Waals surface area contributed by atoms with Gasteiger partial charge in [0.2, 0.25) is 29.5 Å². The summed E-state index contributed by atoms with van der Waals surface area (Å²) in [5, 5.41) is 19.2. The minimum atomic E-state index is -0.515. The van der Waals surface area contributed by atoms with E-state index < -0.39 is 23.7 Å². The van der Waals surface area contributed by atoms with Crippen molar-refractivity contribution >= 4 is 156 Å². The normalized spacial score (nSPS) is 16.1. The lowest BCUT2D eigenvalue weighted by Gasteiger charge is -2.28. The highest BCUT2D eigenvalue weighted by atomic mass is 32.1. The van der Waals surface area contributed by atoms with Gasteiger partial charge in [0, 0.05) is 121 Å². The summed E-state index contributed by atoms with van der Waals surface area (Å²) in [6, 6.07) is 25.1. The van der Waals surface area contributed by atoms with Gasteiger partial charge >= 0.3 is 0 Å². The molecule has 0 unspecified atom stereocenters. The third-order valence-electron chi connectivity index (χ3n) is 29.4. The Morgan fingerprint density at radius 3 is 0.806 bits per heavy atom. The molecule has 8 aromatic rings. The van der Waals surface area contributed by atoms with Crippen molar-refractivity contribution in [3.63, 3.8) is 0 Å². The highest BCUT2D eigenvalue weighted by Gasteiger charge is 2.35. The summed E-state index contributed by atoms with van der Waals surface area (Å²) in [4.78, 5) is 170. The van der Waals surface area contributed by atoms with E-state index in [0.717, 1.165) is 93.0 Å². The topological polar surface area (TPSA) is 317 Å². The molecule has 4 fully saturated rings. The number of Topliss-reactive ketones (excluding diaryl/α,β-unsaturated/α-hetero) is 3. The number of carbonyl (C=O) groups excluding carboxylic acids is 12. The molecule has 4 saturated carbocycles. The third kappa shape index (κ3) is 40.6. The number of nitrogens with zero attached hydrogens (tertiary/aromatic N) is 4. The van der Waals surface area contributed by atoms with Crippen molar-refractivity contribution in [1.29, 1.82) is 0 Å². The second-order valence-electron chi connectivity index (χ2n) is 42.6. The van der Waals surface area contributed by atoms with Crippen LogP contribution in [-0.2, 0) is 83.2 Å². The Morgan fingerprint density at radius 2 is 0.583 bits per heavy atom. The van der Waals surface area contributed by atoms with Gasteiger partial charge in [-0.25, -0.2) is 19.9 Å². The van der Waals surface area contributed by atoms with Crippen molar-refractivity contribution in [3.05, 3.63) is 166 Å². The summed E-state index contributed by atoms with van der Waals surface area (Å²) in [7, 11) is 1.59. The molecule has 0 saturated heterocycles. The maximum Gasteiger partial charge on any atom is 0.224 e. The fourth-order valence-corrected chi connectivity index (χ4v) is 25.0. The number of nitrogens with one attached hydrogen (secondary N) is 5. The molecule has 21 nitrogen and oxygen atoms in total. The van der Waals surface area contributed by atoms with E-state index in [4.69, 9.17) is 19.9 Å². The van der Waals surface area contributed by atoms with Gasteiger partial charge in [-0.2, -0.15) is 0 Å². The maximum absolute atomic E-state index is 13.6. The summed E-state index contributed by atoms with van der Waals surface area (Å²) in [6.45, 7) is 37.1. The predicted octanol–water partition coefficient (Wildman–Crippen LogP) is 26.5. The summed E-state index contributed by atoms with van der Waals surface area (Å²) < 4.78 is 4.47. The lowest BCUT2D eigenvalue weighted by molar-refractivity contribution is -0.130. The molecule has 4 aliphatic rings. The minimum absolute atomic E-state index is 0.000907. The van der Waals surface area contributed by atoms with Crippen molar-refractivity contribution in [2.45, 2.75) is 400 Å². The number of allylic oxidation sites excluding steroid dienone is 4. The molecular weight excluding hydrogens is 1880 g/mol. The van der Waals surface area contributed by atoms with Crippen molar-refractivity contribution in [1.82, 2.24) is 46.5 Å². The molecule has 784 valence electrons. The molecule has 4 heterocycles. The number of hydrogen-bond acceptors (Lipinski definition) is 20. The van der Waals surface area contributed by atoms with Crippen LogP contribution in [0.4, 0.5) is 0 Å². The Kier molecular flexibility index (Phi) is 50.7. The summed E-state index contributed by atoms with van der Waals surface area (Å²) in [6.07, 6.45) is 41.6. The van der Waals surface area contributed by atoms with Crippen LogP contribution in [0.25, 0.3) is 40.9 Å². The zero-order valence-corrected chi connectivity index (χ0v) is 91.8. The largest absolute Gasteiger partial charge is 0.359 e. The number of benzene rings is 4. The molecule has 144 heavy (non-hydrogen) atoms. The van der Waals surface area contributed by atoms with Gasteiger partial charge in [0.15, 0.2) is 23.1 Å². The molecule has 0 aliphatic heterocycles. The van der Waals surface area contributed by atoms with Gasteiger partial charge < -0.3 is 31.4 Å². The van der Waals surface area contributed by atoms with Crippen LogP contribution in [0.15, 0.2) is 123 Å². The molecule has 5 amide bonds. The molecule has 8 atom stereocenters. The van der Waals surface area contributed by atoms with Crippen molar-refractivity contribution in [3.8, 4) is 0 Å². The van der Waals surface area contributed by atoms with Crippen LogP contribution in [0.1, 0.15) is 393 Å². The van der Waals surface area contributed by atoms with E-state index in [1.807, 2.05) is 32.0 Å². The summed E-state index contributed by atoms with van der Waals surface area (Å²) >= 11 is 6.44. The number of rotatable bonds is 55. The van der Waals surface area contributed by atoms with Crippen LogP contribution in [0, 0.1) is 47.3 Å². The standard InChI is InChI=1S/C31H44N2O3S.C30H42N2O3S.C29H41N3O3S.C29H40N2O3S/c1-5-10-27(35)18-24(20-30-33-28-16-13-23(21(3)4)19-29(28)37-30)31(36)32-25(14-15-26(34)6-2)17-22-11-8-7-9-12-22;1-5-25(33)14-13-24(16-21-10-8-7-9-11-21)31-30(35)23(17-26(34)6-2)19-29-32-27-15-12-22(20(3)4)18-28(27)36-29;1-5-24(33)13-12-23(15-20-9-7-6-8-10-20)31-29(35)22(17-27(34)30-4)18-28-32-25-14-11-21(19(2)3)16-26(25)36-28;1-5-25(33)13-12-24(16-21-9-7-6-8-10-21)30-29(34)23(15-20(4)32)18-28-31-26-14-11-22(19(2)3)17-27(26)35-28/h6,13,16,19,21-22,24-25H,2,5,7-12,14-15,17-18,20H2,1,3-4H3,(H,32,36);5,12,15,18,20-21,23-24H,1,6-11,13-14,16-17,19H2,2-4H3,(H,31,35);5,11,14,16,19-20,22-23H,1,6-10,12-13,15,17-18H2,2-4H3,(H,30,34)(H,31,35);5,11,14,17,19,21,23-24H,1,6-10,12-13,15-16,18H2,2-4H3,(H,30,34)/t24-,25+;23-,24+;22-,23+;23-,24+/m0000/s1. The van der Waals surface area contributed by atoms with E-state index in [0.29, 0.717) is 137 Å². The van der Waals surface area contributed by atoms with Crippen LogP contribution < -0.4 is 26.6 Å². The molecule has 0 spiro atoms.